The number of rotatable bonds is 4. The van der Waals surface area contributed by atoms with Gasteiger partial charge in [-0.1, -0.05) is 30.3 Å². The third kappa shape index (κ3) is 3.89. The number of aromatic nitrogens is 2. The van der Waals surface area contributed by atoms with Crippen molar-refractivity contribution in [3.63, 3.8) is 0 Å². The predicted octanol–water partition coefficient (Wildman–Crippen LogP) is 5.09. The molecule has 8 heteroatoms. The highest BCUT2D eigenvalue weighted by Crippen LogP contribution is 2.33. The summed E-state index contributed by atoms with van der Waals surface area (Å²) in [7, 11) is 0. The van der Waals surface area contributed by atoms with E-state index in [-0.39, 0.29) is 29.4 Å². The van der Waals surface area contributed by atoms with Crippen LogP contribution in [0, 0.1) is 5.82 Å². The molecule has 0 atom stereocenters. The summed E-state index contributed by atoms with van der Waals surface area (Å²) in [4.78, 5) is 17.1. The lowest BCUT2D eigenvalue weighted by Crippen LogP contribution is -2.25. The summed E-state index contributed by atoms with van der Waals surface area (Å²) >= 11 is 0. The second-order valence-electron chi connectivity index (χ2n) is 6.63. The standard InChI is InChI=1S/C22H15F4N3O/c23-17-9-7-14(8-10-17)13-27-21(30)20-28-19(18-6-1-2-11-29(18)20)15-4-3-5-16(12-15)22(24,25)26/h1-12H,13H2,(H,27,30). The van der Waals surface area contributed by atoms with Crippen LogP contribution in [0.2, 0.25) is 0 Å². The number of hydrogen-bond donors (Lipinski definition) is 1. The number of carbonyl (C=O) groups is 1. The molecular formula is C22H15F4N3O. The number of nitrogens with one attached hydrogen (secondary N) is 1. The Bertz CT molecular complexity index is 1210. The summed E-state index contributed by atoms with van der Waals surface area (Å²) in [5.41, 5.74) is 0.937. The van der Waals surface area contributed by atoms with Crippen molar-refractivity contribution >= 4 is 11.4 Å². The summed E-state index contributed by atoms with van der Waals surface area (Å²) in [5, 5.41) is 2.70. The lowest BCUT2D eigenvalue weighted by atomic mass is 10.1. The largest absolute Gasteiger partial charge is 0.416 e. The van der Waals surface area contributed by atoms with Crippen LogP contribution in [0.25, 0.3) is 16.8 Å². The summed E-state index contributed by atoms with van der Waals surface area (Å²) in [5.74, 6) is -0.839. The van der Waals surface area contributed by atoms with Crippen molar-refractivity contribution in [3.05, 3.63) is 95.7 Å². The van der Waals surface area contributed by atoms with E-state index in [1.54, 1.807) is 36.5 Å². The molecule has 4 aromatic rings. The summed E-state index contributed by atoms with van der Waals surface area (Å²) in [6.45, 7) is 0.153. The maximum atomic E-state index is 13.1. The number of benzene rings is 2. The van der Waals surface area contributed by atoms with Gasteiger partial charge in [0.25, 0.3) is 5.91 Å². The van der Waals surface area contributed by atoms with Gasteiger partial charge >= 0.3 is 6.18 Å². The van der Waals surface area contributed by atoms with Gasteiger partial charge in [0.15, 0.2) is 0 Å². The topological polar surface area (TPSA) is 46.4 Å². The fourth-order valence-electron chi connectivity index (χ4n) is 3.12. The number of imidazole rings is 1. The van der Waals surface area contributed by atoms with Crippen LogP contribution in [-0.4, -0.2) is 15.3 Å². The molecule has 0 saturated heterocycles. The van der Waals surface area contributed by atoms with Gasteiger partial charge in [0.1, 0.15) is 5.82 Å². The van der Waals surface area contributed by atoms with Crippen molar-refractivity contribution in [3.8, 4) is 11.3 Å². The van der Waals surface area contributed by atoms with Gasteiger partial charge in [0.05, 0.1) is 16.8 Å². The van der Waals surface area contributed by atoms with Gasteiger partial charge < -0.3 is 5.32 Å². The number of amides is 1. The molecule has 0 aliphatic carbocycles. The molecule has 0 radical (unpaired) electrons. The van der Waals surface area contributed by atoms with E-state index in [0.29, 0.717) is 11.1 Å². The Morgan fingerprint density at radius 3 is 2.50 bits per heavy atom. The predicted molar refractivity (Wildman–Crippen MR) is 103 cm³/mol. The fourth-order valence-corrected chi connectivity index (χ4v) is 3.12. The van der Waals surface area contributed by atoms with Crippen molar-refractivity contribution in [2.75, 3.05) is 0 Å². The number of fused-ring (bicyclic) bond motifs is 1. The molecule has 0 aliphatic heterocycles. The minimum absolute atomic E-state index is 0.0418. The Labute approximate surface area is 168 Å². The third-order valence-electron chi connectivity index (χ3n) is 4.58. The Morgan fingerprint density at radius 2 is 1.77 bits per heavy atom. The zero-order chi connectivity index (χ0) is 21.3. The second-order valence-corrected chi connectivity index (χ2v) is 6.63. The van der Waals surface area contributed by atoms with E-state index in [0.717, 1.165) is 12.1 Å². The molecule has 0 fully saturated rings. The fraction of sp³-hybridized carbons (Fsp3) is 0.0909. The van der Waals surface area contributed by atoms with Gasteiger partial charge in [0.2, 0.25) is 5.82 Å². The smallest absolute Gasteiger partial charge is 0.345 e. The molecule has 0 aliphatic rings. The Morgan fingerprint density at radius 1 is 1.00 bits per heavy atom. The molecule has 0 saturated carbocycles. The normalized spacial score (nSPS) is 11.6. The number of pyridine rings is 1. The zero-order valence-corrected chi connectivity index (χ0v) is 15.4. The first-order chi connectivity index (χ1) is 14.3. The molecule has 152 valence electrons. The lowest BCUT2D eigenvalue weighted by Gasteiger charge is -2.07. The van der Waals surface area contributed by atoms with Crippen LogP contribution in [-0.2, 0) is 12.7 Å². The quantitative estimate of drug-likeness (QED) is 0.474. The van der Waals surface area contributed by atoms with Crippen LogP contribution in [0.15, 0.2) is 72.9 Å². The van der Waals surface area contributed by atoms with Gasteiger partial charge in [0, 0.05) is 18.3 Å². The molecule has 30 heavy (non-hydrogen) atoms. The molecule has 2 aromatic carbocycles. The molecule has 0 spiro atoms. The SMILES string of the molecule is O=C(NCc1ccc(F)cc1)c1nc(-c2cccc(C(F)(F)F)c2)c2ccccn12. The highest BCUT2D eigenvalue weighted by Gasteiger charge is 2.31. The highest BCUT2D eigenvalue weighted by atomic mass is 19.4. The Hall–Kier alpha value is -3.68. The van der Waals surface area contributed by atoms with E-state index in [1.807, 2.05) is 0 Å². The van der Waals surface area contributed by atoms with E-state index in [4.69, 9.17) is 0 Å². The summed E-state index contributed by atoms with van der Waals surface area (Å²) in [6, 6.07) is 15.6. The van der Waals surface area contributed by atoms with E-state index in [9.17, 15) is 22.4 Å². The van der Waals surface area contributed by atoms with E-state index < -0.39 is 17.6 Å². The second kappa shape index (κ2) is 7.62. The van der Waals surface area contributed by atoms with Gasteiger partial charge in [-0.25, -0.2) is 9.37 Å². The molecule has 4 nitrogen and oxygen atoms in total. The lowest BCUT2D eigenvalue weighted by molar-refractivity contribution is -0.137. The number of carbonyl (C=O) groups excluding carboxylic acids is 1. The van der Waals surface area contributed by atoms with Crippen molar-refractivity contribution in [1.82, 2.24) is 14.7 Å². The van der Waals surface area contributed by atoms with Crippen molar-refractivity contribution < 1.29 is 22.4 Å². The van der Waals surface area contributed by atoms with Crippen molar-refractivity contribution in [2.45, 2.75) is 12.7 Å². The van der Waals surface area contributed by atoms with Crippen LogP contribution in [0.3, 0.4) is 0 Å². The third-order valence-corrected chi connectivity index (χ3v) is 4.58. The minimum atomic E-state index is -4.49. The molecule has 1 N–H and O–H groups in total. The molecule has 0 unspecified atom stereocenters. The van der Waals surface area contributed by atoms with E-state index >= 15 is 0 Å². The molecule has 2 aromatic heterocycles. The number of alkyl halides is 3. The zero-order valence-electron chi connectivity index (χ0n) is 15.4. The van der Waals surface area contributed by atoms with Crippen LogP contribution < -0.4 is 5.32 Å². The molecule has 1 amide bonds. The first-order valence-corrected chi connectivity index (χ1v) is 9.00. The average molecular weight is 413 g/mol. The number of nitrogens with zero attached hydrogens (tertiary/aromatic N) is 2. The molecule has 0 bridgehead atoms. The van der Waals surface area contributed by atoms with Crippen LogP contribution in [0.1, 0.15) is 21.7 Å². The number of halogens is 4. The first kappa shape index (κ1) is 19.6. The minimum Gasteiger partial charge on any atom is -0.345 e. The van der Waals surface area contributed by atoms with Crippen LogP contribution in [0.5, 0.6) is 0 Å². The van der Waals surface area contributed by atoms with Gasteiger partial charge in [-0.15, -0.1) is 0 Å². The van der Waals surface area contributed by atoms with E-state index in [2.05, 4.69) is 10.3 Å². The van der Waals surface area contributed by atoms with E-state index in [1.165, 1.54) is 28.7 Å². The Kier molecular flexibility index (Phi) is 4.99. The maximum absolute atomic E-state index is 13.1. The molecule has 4 rings (SSSR count). The van der Waals surface area contributed by atoms with Gasteiger partial charge in [-0.05, 0) is 42.0 Å². The van der Waals surface area contributed by atoms with Crippen LogP contribution in [0.4, 0.5) is 17.6 Å². The Balaban J connectivity index is 1.69. The molecule has 2 heterocycles. The van der Waals surface area contributed by atoms with Gasteiger partial charge in [-0.2, -0.15) is 13.2 Å². The van der Waals surface area contributed by atoms with Crippen LogP contribution >= 0.6 is 0 Å². The monoisotopic (exact) mass is 413 g/mol. The van der Waals surface area contributed by atoms with Crippen molar-refractivity contribution in [1.29, 1.82) is 0 Å². The maximum Gasteiger partial charge on any atom is 0.416 e. The number of hydrogen-bond acceptors (Lipinski definition) is 2. The first-order valence-electron chi connectivity index (χ1n) is 9.00. The summed E-state index contributed by atoms with van der Waals surface area (Å²) < 4.78 is 53.9. The average Bonchev–Trinajstić information content (AvgIpc) is 3.12. The highest BCUT2D eigenvalue weighted by molar-refractivity contribution is 5.94. The summed E-state index contributed by atoms with van der Waals surface area (Å²) in [6.07, 6.45) is -2.87. The van der Waals surface area contributed by atoms with Crippen molar-refractivity contribution in [2.24, 2.45) is 0 Å². The van der Waals surface area contributed by atoms with Gasteiger partial charge in [-0.3, -0.25) is 9.20 Å². The molecular weight excluding hydrogens is 398 g/mol.